The molecule has 0 aliphatic heterocycles. The number of amides is 1. The molecule has 0 aliphatic carbocycles. The first-order chi connectivity index (χ1) is 11.6. The van der Waals surface area contributed by atoms with E-state index >= 15 is 0 Å². The van der Waals surface area contributed by atoms with E-state index in [1.807, 2.05) is 18.2 Å². The number of nitrogens with one attached hydrogen (secondary N) is 2. The molecule has 1 aromatic heterocycles. The van der Waals surface area contributed by atoms with Gasteiger partial charge in [-0.2, -0.15) is 0 Å². The van der Waals surface area contributed by atoms with Crippen molar-refractivity contribution in [2.45, 2.75) is 0 Å². The van der Waals surface area contributed by atoms with E-state index in [-0.39, 0.29) is 11.6 Å². The first kappa shape index (κ1) is 15.6. The van der Waals surface area contributed by atoms with Gasteiger partial charge in [-0.05, 0) is 30.3 Å². The van der Waals surface area contributed by atoms with Crippen LogP contribution >= 0.6 is 0 Å². The normalized spacial score (nSPS) is 10.2. The highest BCUT2D eigenvalue weighted by atomic mass is 19.1. The molecule has 0 spiro atoms. The Kier molecular flexibility index (Phi) is 4.47. The molecule has 0 fully saturated rings. The van der Waals surface area contributed by atoms with Crippen LogP contribution in [0.3, 0.4) is 0 Å². The van der Waals surface area contributed by atoms with Crippen molar-refractivity contribution in [3.05, 3.63) is 84.2 Å². The molecule has 0 aliphatic rings. The molecular formula is C18H13F2N3O. The van der Waals surface area contributed by atoms with Gasteiger partial charge in [-0.15, -0.1) is 0 Å². The summed E-state index contributed by atoms with van der Waals surface area (Å²) in [7, 11) is 0. The second kappa shape index (κ2) is 6.87. The van der Waals surface area contributed by atoms with Crippen LogP contribution in [0.25, 0.3) is 0 Å². The topological polar surface area (TPSA) is 54.0 Å². The van der Waals surface area contributed by atoms with Gasteiger partial charge in [0, 0.05) is 18.0 Å². The molecule has 0 saturated heterocycles. The summed E-state index contributed by atoms with van der Waals surface area (Å²) in [5, 5.41) is 5.51. The van der Waals surface area contributed by atoms with Crippen LogP contribution in [0, 0.1) is 11.6 Å². The number of carbonyl (C=O) groups excluding carboxylic acids is 1. The minimum Gasteiger partial charge on any atom is -0.352 e. The predicted octanol–water partition coefficient (Wildman–Crippen LogP) is 4.36. The van der Waals surface area contributed by atoms with E-state index < -0.39 is 11.6 Å². The van der Waals surface area contributed by atoms with Gasteiger partial charge in [0.2, 0.25) is 0 Å². The highest BCUT2D eigenvalue weighted by molar-refractivity contribution is 6.04. The largest absolute Gasteiger partial charge is 0.352 e. The highest BCUT2D eigenvalue weighted by Gasteiger charge is 2.09. The van der Waals surface area contributed by atoms with E-state index in [4.69, 9.17) is 0 Å². The number of carbonyl (C=O) groups is 1. The number of benzene rings is 2. The second-order valence-electron chi connectivity index (χ2n) is 5.03. The van der Waals surface area contributed by atoms with Crippen molar-refractivity contribution in [1.82, 2.24) is 4.98 Å². The Balaban J connectivity index is 1.77. The number of rotatable bonds is 4. The third kappa shape index (κ3) is 3.73. The summed E-state index contributed by atoms with van der Waals surface area (Å²) in [6.45, 7) is 0. The van der Waals surface area contributed by atoms with Crippen LogP contribution in [0.15, 0.2) is 67.0 Å². The van der Waals surface area contributed by atoms with E-state index in [2.05, 4.69) is 15.6 Å². The molecule has 0 saturated carbocycles. The molecule has 4 nitrogen and oxygen atoms in total. The van der Waals surface area contributed by atoms with Crippen LogP contribution in [0.5, 0.6) is 0 Å². The van der Waals surface area contributed by atoms with Gasteiger partial charge < -0.3 is 10.6 Å². The molecule has 1 amide bonds. The molecule has 0 bridgehead atoms. The lowest BCUT2D eigenvalue weighted by molar-refractivity contribution is 0.102. The average molecular weight is 325 g/mol. The maximum atomic E-state index is 13.7. The zero-order chi connectivity index (χ0) is 16.9. The van der Waals surface area contributed by atoms with Crippen LogP contribution in [0.2, 0.25) is 0 Å². The SMILES string of the molecule is O=C(Nc1ccccc1)c1cncc(Nc2ccc(F)cc2F)c1. The Morgan fingerprint density at radius 2 is 1.71 bits per heavy atom. The van der Waals surface area contributed by atoms with Crippen molar-refractivity contribution in [1.29, 1.82) is 0 Å². The standard InChI is InChI=1S/C18H13F2N3O/c19-13-6-7-17(16(20)9-13)22-15-8-12(10-21-11-15)18(24)23-14-4-2-1-3-5-14/h1-11,22H,(H,23,24). The van der Waals surface area contributed by atoms with Gasteiger partial charge in [-0.1, -0.05) is 18.2 Å². The summed E-state index contributed by atoms with van der Waals surface area (Å²) in [6, 6.07) is 13.7. The third-order valence-electron chi connectivity index (χ3n) is 3.24. The van der Waals surface area contributed by atoms with Crippen molar-refractivity contribution < 1.29 is 13.6 Å². The number of pyridine rings is 1. The maximum Gasteiger partial charge on any atom is 0.257 e. The Morgan fingerprint density at radius 3 is 2.46 bits per heavy atom. The van der Waals surface area contributed by atoms with Crippen molar-refractivity contribution >= 4 is 23.0 Å². The Labute approximate surface area is 137 Å². The van der Waals surface area contributed by atoms with E-state index in [0.717, 1.165) is 12.1 Å². The van der Waals surface area contributed by atoms with E-state index in [0.29, 0.717) is 16.9 Å². The second-order valence-corrected chi connectivity index (χ2v) is 5.03. The maximum absolute atomic E-state index is 13.7. The molecule has 120 valence electrons. The first-order valence-corrected chi connectivity index (χ1v) is 7.15. The van der Waals surface area contributed by atoms with Gasteiger partial charge in [0.15, 0.2) is 0 Å². The van der Waals surface area contributed by atoms with Gasteiger partial charge in [0.25, 0.3) is 5.91 Å². The fourth-order valence-electron chi connectivity index (χ4n) is 2.10. The molecule has 0 unspecified atom stereocenters. The van der Waals surface area contributed by atoms with Crippen molar-refractivity contribution in [2.24, 2.45) is 0 Å². The molecule has 3 aromatic rings. The van der Waals surface area contributed by atoms with Gasteiger partial charge in [-0.25, -0.2) is 8.78 Å². The minimum absolute atomic E-state index is 0.0961. The highest BCUT2D eigenvalue weighted by Crippen LogP contribution is 2.21. The average Bonchev–Trinajstić information content (AvgIpc) is 2.59. The predicted molar refractivity (Wildman–Crippen MR) is 88.3 cm³/mol. The molecule has 0 atom stereocenters. The minimum atomic E-state index is -0.728. The lowest BCUT2D eigenvalue weighted by Gasteiger charge is -2.09. The number of hydrogen-bond donors (Lipinski definition) is 2. The van der Waals surface area contributed by atoms with Crippen LogP contribution < -0.4 is 10.6 Å². The monoisotopic (exact) mass is 325 g/mol. The molecule has 6 heteroatoms. The van der Waals surface area contributed by atoms with Crippen molar-refractivity contribution in [2.75, 3.05) is 10.6 Å². The number of aromatic nitrogens is 1. The Morgan fingerprint density at radius 1 is 0.917 bits per heavy atom. The van der Waals surface area contributed by atoms with Gasteiger partial charge in [0.05, 0.1) is 23.1 Å². The smallest absolute Gasteiger partial charge is 0.257 e. The fraction of sp³-hybridized carbons (Fsp3) is 0. The summed E-state index contributed by atoms with van der Waals surface area (Å²) in [4.78, 5) is 16.2. The number of nitrogens with zero attached hydrogens (tertiary/aromatic N) is 1. The molecule has 24 heavy (non-hydrogen) atoms. The molecule has 1 heterocycles. The quantitative estimate of drug-likeness (QED) is 0.749. The van der Waals surface area contributed by atoms with Crippen LogP contribution in [0.4, 0.5) is 25.8 Å². The van der Waals surface area contributed by atoms with Gasteiger partial charge in [-0.3, -0.25) is 9.78 Å². The first-order valence-electron chi connectivity index (χ1n) is 7.15. The van der Waals surface area contributed by atoms with Crippen LogP contribution in [-0.2, 0) is 0 Å². The van der Waals surface area contributed by atoms with Crippen molar-refractivity contribution in [3.63, 3.8) is 0 Å². The molecule has 3 rings (SSSR count). The summed E-state index contributed by atoms with van der Waals surface area (Å²) >= 11 is 0. The number of anilines is 3. The fourth-order valence-corrected chi connectivity index (χ4v) is 2.10. The summed E-state index contributed by atoms with van der Waals surface area (Å²) in [5.74, 6) is -1.72. The van der Waals surface area contributed by atoms with E-state index in [1.165, 1.54) is 24.5 Å². The van der Waals surface area contributed by atoms with Gasteiger partial charge >= 0.3 is 0 Å². The third-order valence-corrected chi connectivity index (χ3v) is 3.24. The summed E-state index contributed by atoms with van der Waals surface area (Å²) in [5.41, 5.74) is 1.48. The van der Waals surface area contributed by atoms with E-state index in [9.17, 15) is 13.6 Å². The molecule has 2 N–H and O–H groups in total. The Hall–Kier alpha value is -3.28. The summed E-state index contributed by atoms with van der Waals surface area (Å²) < 4.78 is 26.6. The lowest BCUT2D eigenvalue weighted by atomic mass is 10.2. The van der Waals surface area contributed by atoms with Crippen molar-refractivity contribution in [3.8, 4) is 0 Å². The van der Waals surface area contributed by atoms with Gasteiger partial charge in [0.1, 0.15) is 11.6 Å². The number of hydrogen-bond acceptors (Lipinski definition) is 3. The number of halogens is 2. The molecular weight excluding hydrogens is 312 g/mol. The number of para-hydroxylation sites is 1. The Bertz CT molecular complexity index is 869. The van der Waals surface area contributed by atoms with E-state index in [1.54, 1.807) is 12.1 Å². The summed E-state index contributed by atoms with van der Waals surface area (Å²) in [6.07, 6.45) is 2.85. The van der Waals surface area contributed by atoms with Crippen LogP contribution in [-0.4, -0.2) is 10.9 Å². The molecule has 0 radical (unpaired) electrons. The zero-order valence-electron chi connectivity index (χ0n) is 12.5. The van der Waals surface area contributed by atoms with Crippen LogP contribution in [0.1, 0.15) is 10.4 Å². The zero-order valence-corrected chi connectivity index (χ0v) is 12.5. The lowest BCUT2D eigenvalue weighted by Crippen LogP contribution is -2.12. The molecule has 2 aromatic carbocycles.